The number of amides is 2. The van der Waals surface area contributed by atoms with Gasteiger partial charge in [-0.2, -0.15) is 0 Å². The van der Waals surface area contributed by atoms with Crippen molar-refractivity contribution in [1.82, 2.24) is 10.2 Å². The summed E-state index contributed by atoms with van der Waals surface area (Å²) in [5.41, 5.74) is 0.773. The van der Waals surface area contributed by atoms with Gasteiger partial charge in [0.15, 0.2) is 5.78 Å². The van der Waals surface area contributed by atoms with E-state index < -0.39 is 0 Å². The van der Waals surface area contributed by atoms with Gasteiger partial charge < -0.3 is 19.4 Å². The van der Waals surface area contributed by atoms with E-state index in [1.54, 1.807) is 11.8 Å². The van der Waals surface area contributed by atoms with Gasteiger partial charge in [-0.15, -0.1) is 0 Å². The molecule has 3 rings (SSSR count). The molecule has 2 heterocycles. The lowest BCUT2D eigenvalue weighted by molar-refractivity contribution is 0.0719. The Hall–Kier alpha value is -2.31. The zero-order valence-corrected chi connectivity index (χ0v) is 13.1. The van der Waals surface area contributed by atoms with E-state index in [2.05, 4.69) is 5.32 Å². The van der Waals surface area contributed by atoms with Gasteiger partial charge in [0.05, 0.1) is 17.7 Å². The van der Waals surface area contributed by atoms with Crippen molar-refractivity contribution >= 4 is 17.8 Å². The molecule has 0 radical (unpaired) electrons. The summed E-state index contributed by atoms with van der Waals surface area (Å²) >= 11 is 0. The first-order chi connectivity index (χ1) is 11.1. The van der Waals surface area contributed by atoms with Gasteiger partial charge in [-0.25, -0.2) is 4.79 Å². The number of nitrogens with zero attached hydrogens (tertiary/aromatic N) is 1. The fraction of sp³-hybridized carbons (Fsp3) is 0.562. The molecule has 0 unspecified atom stereocenters. The standard InChI is InChI=1S/C16H20N2O5/c1-10-13(14-11(19)4-2-5-12(14)23-10)15(20)17-6-8-18-7-3-9-22-16(18)21/h2-9H2,1H3,(H,17,20). The topological polar surface area (TPSA) is 88.8 Å². The summed E-state index contributed by atoms with van der Waals surface area (Å²) in [6, 6.07) is 0. The number of furan rings is 1. The molecule has 2 amide bonds. The number of hydrogen-bond acceptors (Lipinski definition) is 5. The average molecular weight is 320 g/mol. The van der Waals surface area contributed by atoms with Crippen LogP contribution in [0.25, 0.3) is 0 Å². The van der Waals surface area contributed by atoms with Crippen molar-refractivity contribution in [2.24, 2.45) is 0 Å². The lowest BCUT2D eigenvalue weighted by atomic mass is 9.93. The van der Waals surface area contributed by atoms with E-state index in [0.29, 0.717) is 61.7 Å². The zero-order valence-electron chi connectivity index (χ0n) is 13.1. The van der Waals surface area contributed by atoms with Crippen LogP contribution < -0.4 is 5.32 Å². The van der Waals surface area contributed by atoms with Crippen molar-refractivity contribution in [2.45, 2.75) is 32.6 Å². The van der Waals surface area contributed by atoms with Gasteiger partial charge in [0, 0.05) is 32.5 Å². The Labute approximate surface area is 134 Å². The third-order valence-corrected chi connectivity index (χ3v) is 4.19. The van der Waals surface area contributed by atoms with E-state index in [1.165, 1.54) is 0 Å². The maximum atomic E-state index is 12.4. The summed E-state index contributed by atoms with van der Waals surface area (Å²) in [5.74, 6) is 0.727. The van der Waals surface area contributed by atoms with E-state index in [0.717, 1.165) is 12.8 Å². The summed E-state index contributed by atoms with van der Waals surface area (Å²) in [6.45, 7) is 3.47. The van der Waals surface area contributed by atoms with Crippen LogP contribution in [0.1, 0.15) is 51.5 Å². The Balaban J connectivity index is 1.64. The Morgan fingerprint density at radius 3 is 2.87 bits per heavy atom. The summed E-state index contributed by atoms with van der Waals surface area (Å²) in [6.07, 6.45) is 2.35. The monoisotopic (exact) mass is 320 g/mol. The second-order valence-electron chi connectivity index (χ2n) is 5.82. The quantitative estimate of drug-likeness (QED) is 0.911. The average Bonchev–Trinajstić information content (AvgIpc) is 2.86. The van der Waals surface area contributed by atoms with E-state index in [-0.39, 0.29) is 17.8 Å². The molecule has 1 saturated heterocycles. The molecule has 1 N–H and O–H groups in total. The maximum Gasteiger partial charge on any atom is 0.409 e. The second kappa shape index (κ2) is 6.44. The summed E-state index contributed by atoms with van der Waals surface area (Å²) < 4.78 is 10.5. The van der Waals surface area contributed by atoms with Gasteiger partial charge in [-0.3, -0.25) is 9.59 Å². The Kier molecular flexibility index (Phi) is 4.36. The highest BCUT2D eigenvalue weighted by Gasteiger charge is 2.30. The molecule has 1 fully saturated rings. The number of carbonyl (C=O) groups is 3. The number of fused-ring (bicyclic) bond motifs is 1. The molecule has 1 aromatic rings. The van der Waals surface area contributed by atoms with Crippen molar-refractivity contribution in [1.29, 1.82) is 0 Å². The van der Waals surface area contributed by atoms with Crippen molar-refractivity contribution in [3.63, 3.8) is 0 Å². The number of nitrogens with one attached hydrogen (secondary N) is 1. The van der Waals surface area contributed by atoms with Gasteiger partial charge in [0.2, 0.25) is 0 Å². The van der Waals surface area contributed by atoms with Gasteiger partial charge >= 0.3 is 6.09 Å². The fourth-order valence-corrected chi connectivity index (χ4v) is 3.07. The molecule has 0 spiro atoms. The molecule has 0 aromatic carbocycles. The van der Waals surface area contributed by atoms with Crippen molar-refractivity contribution < 1.29 is 23.5 Å². The van der Waals surface area contributed by atoms with Gasteiger partial charge in [0.1, 0.15) is 11.5 Å². The largest absolute Gasteiger partial charge is 0.465 e. The van der Waals surface area contributed by atoms with Gasteiger partial charge in [-0.05, 0) is 19.8 Å². The predicted octanol–water partition coefficient (Wildman–Crippen LogP) is 1.68. The molecule has 1 aliphatic carbocycles. The minimum Gasteiger partial charge on any atom is -0.465 e. The second-order valence-corrected chi connectivity index (χ2v) is 5.82. The molecule has 0 bridgehead atoms. The van der Waals surface area contributed by atoms with Crippen LogP contribution in [-0.2, 0) is 11.2 Å². The van der Waals surface area contributed by atoms with Crippen LogP contribution in [0.4, 0.5) is 4.79 Å². The minimum absolute atomic E-state index is 0.0344. The van der Waals surface area contributed by atoms with E-state index in [9.17, 15) is 14.4 Å². The molecule has 1 aromatic heterocycles. The summed E-state index contributed by atoms with van der Waals surface area (Å²) in [4.78, 5) is 37.6. The SMILES string of the molecule is Cc1oc2c(c1C(=O)NCCN1CCCOC1=O)C(=O)CCC2. The van der Waals surface area contributed by atoms with Crippen LogP contribution in [0.2, 0.25) is 0 Å². The number of Topliss-reactive ketones (excluding diaryl/α,β-unsaturated/α-hetero) is 1. The lowest BCUT2D eigenvalue weighted by Gasteiger charge is -2.26. The molecule has 1 aliphatic heterocycles. The van der Waals surface area contributed by atoms with Crippen LogP contribution >= 0.6 is 0 Å². The molecule has 2 aliphatic rings. The van der Waals surface area contributed by atoms with Crippen molar-refractivity contribution in [2.75, 3.05) is 26.2 Å². The summed E-state index contributed by atoms with van der Waals surface area (Å²) in [7, 11) is 0. The fourth-order valence-electron chi connectivity index (χ4n) is 3.07. The zero-order chi connectivity index (χ0) is 16.4. The highest BCUT2D eigenvalue weighted by atomic mass is 16.6. The molecule has 124 valence electrons. The third-order valence-electron chi connectivity index (χ3n) is 4.19. The van der Waals surface area contributed by atoms with Crippen LogP contribution in [0.15, 0.2) is 4.42 Å². The number of ether oxygens (including phenoxy) is 1. The molecular weight excluding hydrogens is 300 g/mol. The normalized spacial score (nSPS) is 17.7. The number of carbonyl (C=O) groups excluding carboxylic acids is 3. The van der Waals surface area contributed by atoms with E-state index >= 15 is 0 Å². The molecule has 0 atom stereocenters. The number of rotatable bonds is 4. The number of hydrogen-bond donors (Lipinski definition) is 1. The highest BCUT2D eigenvalue weighted by molar-refractivity contribution is 6.10. The molecule has 7 nitrogen and oxygen atoms in total. The molecule has 0 saturated carbocycles. The Bertz CT molecular complexity index is 649. The number of cyclic esters (lactones) is 1. The first-order valence-corrected chi connectivity index (χ1v) is 7.93. The number of aryl methyl sites for hydroxylation is 2. The van der Waals surface area contributed by atoms with Crippen LogP contribution in [-0.4, -0.2) is 48.9 Å². The smallest absolute Gasteiger partial charge is 0.409 e. The van der Waals surface area contributed by atoms with Crippen LogP contribution in [0, 0.1) is 6.92 Å². The molecule has 7 heteroatoms. The predicted molar refractivity (Wildman–Crippen MR) is 80.6 cm³/mol. The van der Waals surface area contributed by atoms with Crippen molar-refractivity contribution in [3.8, 4) is 0 Å². The van der Waals surface area contributed by atoms with E-state index in [1.807, 2.05) is 0 Å². The van der Waals surface area contributed by atoms with Gasteiger partial charge in [0.25, 0.3) is 5.91 Å². The third kappa shape index (κ3) is 3.09. The van der Waals surface area contributed by atoms with Crippen LogP contribution in [0.3, 0.4) is 0 Å². The Morgan fingerprint density at radius 2 is 2.09 bits per heavy atom. The number of ketones is 1. The summed E-state index contributed by atoms with van der Waals surface area (Å²) in [5, 5.41) is 2.76. The van der Waals surface area contributed by atoms with Crippen LogP contribution in [0.5, 0.6) is 0 Å². The Morgan fingerprint density at radius 1 is 1.26 bits per heavy atom. The minimum atomic E-state index is -0.349. The molecule has 23 heavy (non-hydrogen) atoms. The lowest BCUT2D eigenvalue weighted by Crippen LogP contribution is -2.42. The first kappa shape index (κ1) is 15.6. The van der Waals surface area contributed by atoms with E-state index in [4.69, 9.17) is 9.15 Å². The highest BCUT2D eigenvalue weighted by Crippen LogP contribution is 2.29. The maximum absolute atomic E-state index is 12.4. The van der Waals surface area contributed by atoms with Gasteiger partial charge in [-0.1, -0.05) is 0 Å². The molecular formula is C16H20N2O5. The van der Waals surface area contributed by atoms with Crippen molar-refractivity contribution in [3.05, 3.63) is 22.6 Å². The first-order valence-electron chi connectivity index (χ1n) is 7.93.